The van der Waals surface area contributed by atoms with Crippen molar-refractivity contribution in [1.82, 2.24) is 15.2 Å². The molecule has 2 amide bonds. The molecule has 0 saturated heterocycles. The normalized spacial score (nSPS) is 12.2. The summed E-state index contributed by atoms with van der Waals surface area (Å²) in [5, 5.41) is 7.35. The maximum atomic E-state index is 12.3. The highest BCUT2D eigenvalue weighted by Crippen LogP contribution is 2.20. The van der Waals surface area contributed by atoms with E-state index in [0.717, 1.165) is 17.3 Å². The summed E-state index contributed by atoms with van der Waals surface area (Å²) in [7, 11) is 0. The molecule has 0 spiro atoms. The van der Waals surface area contributed by atoms with E-state index in [1.165, 1.54) is 0 Å². The van der Waals surface area contributed by atoms with Crippen molar-refractivity contribution in [1.29, 1.82) is 0 Å². The molecule has 2 aromatic rings. The molecule has 0 bridgehead atoms. The summed E-state index contributed by atoms with van der Waals surface area (Å²) in [6, 6.07) is 7.37. The van der Waals surface area contributed by atoms with Crippen LogP contribution in [0.15, 0.2) is 30.5 Å². The zero-order chi connectivity index (χ0) is 19.1. The van der Waals surface area contributed by atoms with Gasteiger partial charge in [-0.1, -0.05) is 31.5 Å². The highest BCUT2D eigenvalue weighted by molar-refractivity contribution is 6.31. The van der Waals surface area contributed by atoms with Crippen molar-refractivity contribution in [3.63, 3.8) is 0 Å². The molecular weight excluding hydrogens is 354 g/mol. The first-order chi connectivity index (χ1) is 12.4. The van der Waals surface area contributed by atoms with Gasteiger partial charge in [0.1, 0.15) is 6.54 Å². The predicted molar refractivity (Wildman–Crippen MR) is 103 cm³/mol. The molecule has 0 aliphatic heterocycles. The van der Waals surface area contributed by atoms with Gasteiger partial charge in [-0.2, -0.15) is 0 Å². The molecule has 1 aromatic heterocycles. The maximum absolute atomic E-state index is 12.3. The minimum atomic E-state index is -0.460. The number of hydrogen-bond acceptors (Lipinski definition) is 3. The Morgan fingerprint density at radius 1 is 1.27 bits per heavy atom. The van der Waals surface area contributed by atoms with Gasteiger partial charge in [0.15, 0.2) is 0 Å². The van der Waals surface area contributed by atoms with Crippen LogP contribution in [0.2, 0.25) is 5.02 Å². The number of halogens is 1. The second kappa shape index (κ2) is 9.48. The van der Waals surface area contributed by atoms with E-state index in [4.69, 9.17) is 16.3 Å². The fraction of sp³-hybridized carbons (Fsp3) is 0.474. The molecule has 2 rings (SSSR count). The second-order valence-electron chi connectivity index (χ2n) is 6.64. The lowest BCUT2D eigenvalue weighted by Gasteiger charge is -2.21. The van der Waals surface area contributed by atoms with Crippen LogP contribution in [0.1, 0.15) is 27.2 Å². The number of carbonyl (C=O) groups is 2. The molecule has 1 aromatic carbocycles. The van der Waals surface area contributed by atoms with Crippen LogP contribution in [0, 0.1) is 5.92 Å². The van der Waals surface area contributed by atoms with E-state index in [-0.39, 0.29) is 18.5 Å². The topological polar surface area (TPSA) is 72.4 Å². The second-order valence-corrected chi connectivity index (χ2v) is 7.08. The SMILES string of the molecule is CCOC(=O)NC(CNC(=O)Cn1ccc2ccc(Cl)cc21)CC(C)C. The van der Waals surface area contributed by atoms with Gasteiger partial charge < -0.3 is 19.9 Å². The maximum Gasteiger partial charge on any atom is 0.407 e. The van der Waals surface area contributed by atoms with Crippen molar-refractivity contribution in [2.75, 3.05) is 13.2 Å². The van der Waals surface area contributed by atoms with Gasteiger partial charge in [0.2, 0.25) is 5.91 Å². The van der Waals surface area contributed by atoms with Crippen LogP contribution in [-0.4, -0.2) is 35.8 Å². The quantitative estimate of drug-likeness (QED) is 0.736. The van der Waals surface area contributed by atoms with Crippen molar-refractivity contribution in [3.05, 3.63) is 35.5 Å². The first-order valence-electron chi connectivity index (χ1n) is 8.83. The molecule has 0 aliphatic carbocycles. The van der Waals surface area contributed by atoms with Crippen molar-refractivity contribution >= 4 is 34.5 Å². The summed E-state index contributed by atoms with van der Waals surface area (Å²) in [6.07, 6.45) is 2.16. The smallest absolute Gasteiger partial charge is 0.407 e. The fourth-order valence-electron chi connectivity index (χ4n) is 2.84. The van der Waals surface area contributed by atoms with E-state index in [1.54, 1.807) is 6.92 Å². The minimum absolute atomic E-state index is 0.123. The monoisotopic (exact) mass is 379 g/mol. The molecule has 26 heavy (non-hydrogen) atoms. The average Bonchev–Trinajstić information content (AvgIpc) is 2.94. The number of benzene rings is 1. The number of hydrogen-bond donors (Lipinski definition) is 2. The zero-order valence-electron chi connectivity index (χ0n) is 15.4. The molecule has 0 fully saturated rings. The lowest BCUT2D eigenvalue weighted by molar-refractivity contribution is -0.121. The largest absolute Gasteiger partial charge is 0.450 e. The molecule has 0 radical (unpaired) electrons. The fourth-order valence-corrected chi connectivity index (χ4v) is 3.01. The van der Waals surface area contributed by atoms with Gasteiger partial charge in [-0.25, -0.2) is 4.79 Å². The number of amides is 2. The van der Waals surface area contributed by atoms with Crippen molar-refractivity contribution in [2.24, 2.45) is 5.92 Å². The van der Waals surface area contributed by atoms with Crippen LogP contribution in [0.3, 0.4) is 0 Å². The van der Waals surface area contributed by atoms with Crippen molar-refractivity contribution in [2.45, 2.75) is 39.8 Å². The first-order valence-corrected chi connectivity index (χ1v) is 9.21. The number of alkyl carbamates (subject to hydrolysis) is 1. The summed E-state index contributed by atoms with van der Waals surface area (Å²) >= 11 is 6.04. The Hall–Kier alpha value is -2.21. The van der Waals surface area contributed by atoms with E-state index < -0.39 is 6.09 Å². The van der Waals surface area contributed by atoms with Gasteiger partial charge in [0, 0.05) is 29.3 Å². The number of rotatable bonds is 8. The molecule has 1 heterocycles. The lowest BCUT2D eigenvalue weighted by atomic mass is 10.0. The Morgan fingerprint density at radius 2 is 2.04 bits per heavy atom. The number of ether oxygens (including phenoxy) is 1. The van der Waals surface area contributed by atoms with E-state index in [1.807, 2.05) is 35.0 Å². The molecule has 2 N–H and O–H groups in total. The highest BCUT2D eigenvalue weighted by atomic mass is 35.5. The molecular formula is C19H26ClN3O3. The molecule has 0 saturated carbocycles. The first kappa shape index (κ1) is 20.1. The van der Waals surface area contributed by atoms with Crippen LogP contribution in [-0.2, 0) is 16.1 Å². The molecule has 0 aliphatic rings. The molecule has 6 nitrogen and oxygen atoms in total. The van der Waals surface area contributed by atoms with Gasteiger partial charge in [-0.05, 0) is 42.8 Å². The zero-order valence-corrected chi connectivity index (χ0v) is 16.2. The third-order valence-electron chi connectivity index (χ3n) is 3.95. The third kappa shape index (κ3) is 5.95. The van der Waals surface area contributed by atoms with E-state index in [2.05, 4.69) is 24.5 Å². The predicted octanol–water partition coefficient (Wildman–Crippen LogP) is 3.57. The van der Waals surface area contributed by atoms with E-state index in [0.29, 0.717) is 24.1 Å². The number of carbonyl (C=O) groups excluding carboxylic acids is 2. The minimum Gasteiger partial charge on any atom is -0.450 e. The van der Waals surface area contributed by atoms with E-state index in [9.17, 15) is 9.59 Å². The molecule has 1 atom stereocenters. The Kier molecular flexibility index (Phi) is 7.33. The molecule has 1 unspecified atom stereocenters. The molecule has 7 heteroatoms. The van der Waals surface area contributed by atoms with Crippen LogP contribution >= 0.6 is 11.6 Å². The van der Waals surface area contributed by atoms with Crippen LogP contribution < -0.4 is 10.6 Å². The Labute approximate surface area is 158 Å². The Morgan fingerprint density at radius 3 is 2.73 bits per heavy atom. The Bertz CT molecular complexity index is 758. The lowest BCUT2D eigenvalue weighted by Crippen LogP contribution is -2.45. The average molecular weight is 380 g/mol. The summed E-state index contributed by atoms with van der Waals surface area (Å²) < 4.78 is 6.78. The molecule has 142 valence electrons. The van der Waals surface area contributed by atoms with Gasteiger partial charge in [0.25, 0.3) is 0 Å². The van der Waals surface area contributed by atoms with Crippen molar-refractivity contribution in [3.8, 4) is 0 Å². The van der Waals surface area contributed by atoms with Gasteiger partial charge in [0.05, 0.1) is 6.61 Å². The summed E-state index contributed by atoms with van der Waals surface area (Å²) in [4.78, 5) is 24.0. The van der Waals surface area contributed by atoms with Crippen LogP contribution in [0.5, 0.6) is 0 Å². The summed E-state index contributed by atoms with van der Waals surface area (Å²) in [5.74, 6) is 0.260. The van der Waals surface area contributed by atoms with Gasteiger partial charge >= 0.3 is 6.09 Å². The third-order valence-corrected chi connectivity index (χ3v) is 4.18. The van der Waals surface area contributed by atoms with Gasteiger partial charge in [-0.15, -0.1) is 0 Å². The van der Waals surface area contributed by atoms with Crippen LogP contribution in [0.4, 0.5) is 4.79 Å². The van der Waals surface area contributed by atoms with Crippen molar-refractivity contribution < 1.29 is 14.3 Å². The standard InChI is InChI=1S/C19H26ClN3O3/c1-4-26-19(25)22-16(9-13(2)3)11-21-18(24)12-23-8-7-14-5-6-15(20)10-17(14)23/h5-8,10,13,16H,4,9,11-12H2,1-3H3,(H,21,24)(H,22,25). The Balaban J connectivity index is 1.94. The number of nitrogens with one attached hydrogen (secondary N) is 2. The summed E-state index contributed by atoms with van der Waals surface area (Å²) in [6.45, 7) is 6.75. The van der Waals surface area contributed by atoms with E-state index >= 15 is 0 Å². The number of nitrogens with zero attached hydrogens (tertiary/aromatic N) is 1. The summed E-state index contributed by atoms with van der Waals surface area (Å²) in [5.41, 5.74) is 0.913. The number of fused-ring (bicyclic) bond motifs is 1. The number of aromatic nitrogens is 1. The highest BCUT2D eigenvalue weighted by Gasteiger charge is 2.16. The van der Waals surface area contributed by atoms with Gasteiger partial charge in [-0.3, -0.25) is 4.79 Å². The van der Waals surface area contributed by atoms with Crippen LogP contribution in [0.25, 0.3) is 10.9 Å².